The van der Waals surface area contributed by atoms with Crippen molar-refractivity contribution in [3.8, 4) is 0 Å². The van der Waals surface area contributed by atoms with E-state index in [0.29, 0.717) is 11.6 Å². The number of anilines is 2. The molecule has 0 saturated carbocycles. The largest absolute Gasteiger partial charge is 0.372 e. The van der Waals surface area contributed by atoms with Crippen LogP contribution in [-0.4, -0.2) is 18.5 Å². The topological polar surface area (TPSA) is 32.3 Å². The van der Waals surface area contributed by atoms with E-state index in [1.54, 1.807) is 4.90 Å². The molecule has 3 nitrogen and oxygen atoms in total. The van der Waals surface area contributed by atoms with Gasteiger partial charge in [0.2, 0.25) is 5.91 Å². The monoisotopic (exact) mass is 238 g/mol. The molecule has 1 N–H and O–H groups in total. The van der Waals surface area contributed by atoms with Gasteiger partial charge in [-0.2, -0.15) is 0 Å². The number of amides is 1. The number of carbonyl (C=O) groups excluding carboxylic acids is 1. The van der Waals surface area contributed by atoms with Gasteiger partial charge in [0.05, 0.1) is 11.4 Å². The Balaban J connectivity index is 2.47. The molecule has 1 atom stereocenters. The van der Waals surface area contributed by atoms with Gasteiger partial charge in [0.15, 0.2) is 0 Å². The van der Waals surface area contributed by atoms with Crippen molar-refractivity contribution in [3.05, 3.63) is 23.2 Å². The van der Waals surface area contributed by atoms with Gasteiger partial charge in [-0.25, -0.2) is 0 Å². The van der Waals surface area contributed by atoms with Crippen LogP contribution in [0.4, 0.5) is 11.4 Å². The van der Waals surface area contributed by atoms with E-state index in [9.17, 15) is 4.79 Å². The summed E-state index contributed by atoms with van der Waals surface area (Å²) in [5, 5.41) is 3.89. The molecule has 1 aliphatic heterocycles. The van der Waals surface area contributed by atoms with Crippen LogP contribution in [0.15, 0.2) is 18.2 Å². The maximum atomic E-state index is 12.1. The van der Waals surface area contributed by atoms with E-state index < -0.39 is 0 Å². The highest BCUT2D eigenvalue weighted by Gasteiger charge is 2.30. The van der Waals surface area contributed by atoms with Crippen molar-refractivity contribution < 1.29 is 4.79 Å². The Morgan fingerprint density at radius 3 is 2.81 bits per heavy atom. The molecule has 0 aliphatic carbocycles. The molecular formula is C12H15ClN2O. The van der Waals surface area contributed by atoms with E-state index >= 15 is 0 Å². The molecule has 0 aromatic heterocycles. The first-order valence-corrected chi connectivity index (χ1v) is 5.92. The zero-order chi connectivity index (χ0) is 11.7. The Bertz CT molecular complexity index is 419. The van der Waals surface area contributed by atoms with E-state index in [1.165, 1.54) is 0 Å². The smallest absolute Gasteiger partial charge is 0.249 e. The highest BCUT2D eigenvalue weighted by atomic mass is 35.5. The fourth-order valence-electron chi connectivity index (χ4n) is 2.01. The predicted octanol–water partition coefficient (Wildman–Crippen LogP) is 2.90. The lowest BCUT2D eigenvalue weighted by Crippen LogP contribution is -2.46. The van der Waals surface area contributed by atoms with Gasteiger partial charge >= 0.3 is 0 Å². The molecule has 2 rings (SSSR count). The molecule has 1 aliphatic rings. The van der Waals surface area contributed by atoms with E-state index in [1.807, 2.05) is 32.0 Å². The second-order valence-corrected chi connectivity index (χ2v) is 4.29. The summed E-state index contributed by atoms with van der Waals surface area (Å²) in [6.45, 7) is 4.65. The Labute approximate surface area is 100 Å². The minimum Gasteiger partial charge on any atom is -0.372 e. The maximum absolute atomic E-state index is 12.1. The van der Waals surface area contributed by atoms with E-state index in [2.05, 4.69) is 5.32 Å². The molecule has 1 aromatic carbocycles. The lowest BCUT2D eigenvalue weighted by atomic mass is 10.1. The molecule has 16 heavy (non-hydrogen) atoms. The average molecular weight is 239 g/mol. The number of fused-ring (bicyclic) bond motifs is 1. The van der Waals surface area contributed by atoms with Crippen LogP contribution in [0.3, 0.4) is 0 Å². The third-order valence-corrected chi connectivity index (χ3v) is 3.10. The summed E-state index contributed by atoms with van der Waals surface area (Å²) < 4.78 is 0. The van der Waals surface area contributed by atoms with Gasteiger partial charge in [-0.3, -0.25) is 4.79 Å². The van der Waals surface area contributed by atoms with Gasteiger partial charge in [0.1, 0.15) is 6.04 Å². The Morgan fingerprint density at radius 2 is 2.19 bits per heavy atom. The number of benzene rings is 1. The van der Waals surface area contributed by atoms with Gasteiger partial charge in [-0.05, 0) is 31.5 Å². The molecule has 1 heterocycles. The number of likely N-dealkylation sites (N-methyl/N-ethyl adjacent to an activating group) is 1. The van der Waals surface area contributed by atoms with Crippen molar-refractivity contribution in [2.75, 3.05) is 16.8 Å². The fraction of sp³-hybridized carbons (Fsp3) is 0.417. The van der Waals surface area contributed by atoms with Crippen molar-refractivity contribution in [1.29, 1.82) is 0 Å². The van der Waals surface area contributed by atoms with Gasteiger partial charge in [-0.15, -0.1) is 0 Å². The number of nitrogens with zero attached hydrogens (tertiary/aromatic N) is 1. The number of carbonyl (C=O) groups is 1. The van der Waals surface area contributed by atoms with Crippen LogP contribution in [0.2, 0.25) is 5.02 Å². The SMILES string of the molecule is CCC1Nc2ccc(Cl)cc2N(CC)C1=O. The van der Waals surface area contributed by atoms with Crippen LogP contribution < -0.4 is 10.2 Å². The first-order valence-electron chi connectivity index (χ1n) is 5.54. The summed E-state index contributed by atoms with van der Waals surface area (Å²) in [5.41, 5.74) is 1.86. The van der Waals surface area contributed by atoms with Crippen LogP contribution >= 0.6 is 11.6 Å². The molecule has 4 heteroatoms. The second-order valence-electron chi connectivity index (χ2n) is 3.85. The first kappa shape index (κ1) is 11.3. The first-order chi connectivity index (χ1) is 7.67. The van der Waals surface area contributed by atoms with Crippen molar-refractivity contribution in [1.82, 2.24) is 0 Å². The van der Waals surface area contributed by atoms with E-state index in [0.717, 1.165) is 17.8 Å². The summed E-state index contributed by atoms with van der Waals surface area (Å²) in [6, 6.07) is 5.48. The summed E-state index contributed by atoms with van der Waals surface area (Å²) in [6.07, 6.45) is 0.789. The number of hydrogen-bond donors (Lipinski definition) is 1. The van der Waals surface area contributed by atoms with Crippen LogP contribution in [-0.2, 0) is 4.79 Å². The number of halogens is 1. The molecule has 0 fully saturated rings. The number of hydrogen-bond acceptors (Lipinski definition) is 2. The van der Waals surface area contributed by atoms with Crippen LogP contribution in [0.25, 0.3) is 0 Å². The molecule has 1 unspecified atom stereocenters. The summed E-state index contributed by atoms with van der Waals surface area (Å²) >= 11 is 5.95. The molecule has 86 valence electrons. The predicted molar refractivity (Wildman–Crippen MR) is 67.2 cm³/mol. The number of nitrogens with one attached hydrogen (secondary N) is 1. The minimum absolute atomic E-state index is 0.117. The Hall–Kier alpha value is -1.22. The minimum atomic E-state index is -0.117. The second kappa shape index (κ2) is 4.34. The highest BCUT2D eigenvalue weighted by molar-refractivity contribution is 6.31. The molecule has 0 spiro atoms. The Morgan fingerprint density at radius 1 is 1.44 bits per heavy atom. The van der Waals surface area contributed by atoms with E-state index in [-0.39, 0.29) is 11.9 Å². The molecule has 1 amide bonds. The molecule has 1 aromatic rings. The van der Waals surface area contributed by atoms with Crippen molar-refractivity contribution in [2.24, 2.45) is 0 Å². The van der Waals surface area contributed by atoms with Crippen molar-refractivity contribution >= 4 is 28.9 Å². The van der Waals surface area contributed by atoms with Crippen molar-refractivity contribution in [2.45, 2.75) is 26.3 Å². The normalized spacial score (nSPS) is 19.3. The third kappa shape index (κ3) is 1.76. The maximum Gasteiger partial charge on any atom is 0.249 e. The molecular weight excluding hydrogens is 224 g/mol. The summed E-state index contributed by atoms with van der Waals surface area (Å²) in [7, 11) is 0. The lowest BCUT2D eigenvalue weighted by Gasteiger charge is -2.34. The average Bonchev–Trinajstić information content (AvgIpc) is 2.28. The van der Waals surface area contributed by atoms with Gasteiger partial charge in [0.25, 0.3) is 0 Å². The zero-order valence-corrected chi connectivity index (χ0v) is 10.2. The van der Waals surface area contributed by atoms with Gasteiger partial charge in [-0.1, -0.05) is 18.5 Å². The molecule has 0 radical (unpaired) electrons. The van der Waals surface area contributed by atoms with Gasteiger partial charge < -0.3 is 10.2 Å². The third-order valence-electron chi connectivity index (χ3n) is 2.87. The summed E-state index contributed by atoms with van der Waals surface area (Å²) in [4.78, 5) is 13.9. The molecule has 0 bridgehead atoms. The summed E-state index contributed by atoms with van der Waals surface area (Å²) in [5.74, 6) is 0.125. The fourth-order valence-corrected chi connectivity index (χ4v) is 2.18. The highest BCUT2D eigenvalue weighted by Crippen LogP contribution is 2.34. The Kier molecular flexibility index (Phi) is 3.06. The van der Waals surface area contributed by atoms with Crippen LogP contribution in [0.1, 0.15) is 20.3 Å². The van der Waals surface area contributed by atoms with Crippen molar-refractivity contribution in [3.63, 3.8) is 0 Å². The number of rotatable bonds is 2. The lowest BCUT2D eigenvalue weighted by molar-refractivity contribution is -0.119. The van der Waals surface area contributed by atoms with Gasteiger partial charge in [0, 0.05) is 11.6 Å². The van der Waals surface area contributed by atoms with E-state index in [4.69, 9.17) is 11.6 Å². The quantitative estimate of drug-likeness (QED) is 0.859. The van der Waals surface area contributed by atoms with Crippen LogP contribution in [0.5, 0.6) is 0 Å². The molecule has 0 saturated heterocycles. The standard InChI is InChI=1S/C12H15ClN2O/c1-3-9-12(16)15(4-2)11-7-8(13)5-6-10(11)14-9/h5-7,9,14H,3-4H2,1-2H3. The van der Waals surface area contributed by atoms with Crippen LogP contribution in [0, 0.1) is 0 Å². The zero-order valence-electron chi connectivity index (χ0n) is 9.46.